The lowest BCUT2D eigenvalue weighted by Crippen LogP contribution is -2.02. The van der Waals surface area contributed by atoms with Crippen LogP contribution in [0.4, 0.5) is 0 Å². The maximum atomic E-state index is 10.8. The monoisotopic (exact) mass is 275 g/mol. The molecule has 0 spiro atoms. The summed E-state index contributed by atoms with van der Waals surface area (Å²) >= 11 is 1.44. The highest BCUT2D eigenvalue weighted by Gasteiger charge is 2.06. The van der Waals surface area contributed by atoms with E-state index in [9.17, 15) is 4.79 Å². The maximum Gasteiger partial charge on any atom is 0.354 e. The number of carboxylic acid groups (broad SMARTS) is 1. The van der Waals surface area contributed by atoms with Crippen molar-refractivity contribution in [3.8, 4) is 0 Å². The molecule has 0 saturated heterocycles. The van der Waals surface area contributed by atoms with E-state index < -0.39 is 5.97 Å². The Kier molecular flexibility index (Phi) is 4.11. The molecule has 0 aromatic carbocycles. The number of hydrogen-bond acceptors (Lipinski definition) is 5. The fraction of sp³-hybridized carbons (Fsp3) is 0.231. The van der Waals surface area contributed by atoms with E-state index in [1.54, 1.807) is 12.1 Å². The third kappa shape index (κ3) is 3.75. The third-order valence-corrected chi connectivity index (χ3v) is 3.22. The lowest BCUT2D eigenvalue weighted by Gasteiger charge is -2.03. The number of aryl methyl sites for hydroxylation is 2. The van der Waals surface area contributed by atoms with Crippen molar-refractivity contribution < 1.29 is 9.90 Å². The summed E-state index contributed by atoms with van der Waals surface area (Å²) in [5.74, 6) is -0.473. The average molecular weight is 275 g/mol. The smallest absolute Gasteiger partial charge is 0.354 e. The molecule has 0 bridgehead atoms. The number of carboxylic acids is 1. The van der Waals surface area contributed by atoms with Gasteiger partial charge in [0.15, 0.2) is 5.16 Å². The Balaban J connectivity index is 2.10. The van der Waals surface area contributed by atoms with Crippen molar-refractivity contribution in [2.75, 3.05) is 0 Å². The van der Waals surface area contributed by atoms with E-state index in [1.807, 2.05) is 19.9 Å². The van der Waals surface area contributed by atoms with Gasteiger partial charge in [-0.25, -0.2) is 19.7 Å². The first-order valence-corrected chi connectivity index (χ1v) is 6.67. The molecule has 0 aliphatic rings. The Morgan fingerprint density at radius 3 is 2.53 bits per heavy atom. The summed E-state index contributed by atoms with van der Waals surface area (Å²) in [4.78, 5) is 23.5. The molecule has 1 N–H and O–H groups in total. The van der Waals surface area contributed by atoms with Crippen molar-refractivity contribution in [2.24, 2.45) is 0 Å². The van der Waals surface area contributed by atoms with Crippen LogP contribution in [-0.4, -0.2) is 26.0 Å². The van der Waals surface area contributed by atoms with Crippen LogP contribution in [0.15, 0.2) is 29.4 Å². The minimum absolute atomic E-state index is 0.0550. The summed E-state index contributed by atoms with van der Waals surface area (Å²) in [5, 5.41) is 9.55. The SMILES string of the molecule is Cc1cc(C)nc(SCc2cccc(C(=O)O)n2)n1. The zero-order chi connectivity index (χ0) is 13.8. The molecule has 0 aliphatic carbocycles. The molecule has 0 fully saturated rings. The molecule has 0 saturated carbocycles. The molecule has 2 aromatic heterocycles. The van der Waals surface area contributed by atoms with Crippen molar-refractivity contribution in [3.63, 3.8) is 0 Å². The van der Waals surface area contributed by atoms with E-state index in [2.05, 4.69) is 15.0 Å². The van der Waals surface area contributed by atoms with Crippen LogP contribution in [-0.2, 0) is 5.75 Å². The Labute approximate surface area is 115 Å². The Bertz CT molecular complexity index is 596. The highest BCUT2D eigenvalue weighted by Crippen LogP contribution is 2.19. The number of carbonyl (C=O) groups is 1. The zero-order valence-electron chi connectivity index (χ0n) is 10.6. The summed E-state index contributed by atoms with van der Waals surface area (Å²) in [7, 11) is 0. The van der Waals surface area contributed by atoms with Crippen LogP contribution in [0.1, 0.15) is 27.6 Å². The van der Waals surface area contributed by atoms with Crippen molar-refractivity contribution >= 4 is 17.7 Å². The second-order valence-electron chi connectivity index (χ2n) is 4.04. The van der Waals surface area contributed by atoms with Gasteiger partial charge in [-0.2, -0.15) is 0 Å². The predicted octanol–water partition coefficient (Wildman–Crippen LogP) is 2.48. The normalized spacial score (nSPS) is 10.4. The van der Waals surface area contributed by atoms with Crippen LogP contribution in [0.25, 0.3) is 0 Å². The van der Waals surface area contributed by atoms with E-state index in [1.165, 1.54) is 17.8 Å². The van der Waals surface area contributed by atoms with E-state index in [0.717, 1.165) is 11.4 Å². The molecule has 2 heterocycles. The van der Waals surface area contributed by atoms with Gasteiger partial charge in [0, 0.05) is 17.1 Å². The van der Waals surface area contributed by atoms with Gasteiger partial charge in [-0.3, -0.25) is 0 Å². The zero-order valence-corrected chi connectivity index (χ0v) is 11.4. The van der Waals surface area contributed by atoms with E-state index >= 15 is 0 Å². The van der Waals surface area contributed by atoms with Gasteiger partial charge >= 0.3 is 5.97 Å². The standard InChI is InChI=1S/C13H13N3O2S/c1-8-6-9(2)15-13(14-8)19-7-10-4-3-5-11(16-10)12(17)18/h3-6H,7H2,1-2H3,(H,17,18). The quantitative estimate of drug-likeness (QED) is 0.682. The van der Waals surface area contributed by atoms with Gasteiger partial charge in [-0.1, -0.05) is 17.8 Å². The van der Waals surface area contributed by atoms with Crippen molar-refractivity contribution in [1.29, 1.82) is 0 Å². The Morgan fingerprint density at radius 1 is 1.21 bits per heavy atom. The van der Waals surface area contributed by atoms with Crippen molar-refractivity contribution in [3.05, 3.63) is 47.0 Å². The van der Waals surface area contributed by atoms with Gasteiger partial charge in [0.1, 0.15) is 5.69 Å². The summed E-state index contributed by atoms with van der Waals surface area (Å²) in [6.07, 6.45) is 0. The first-order chi connectivity index (χ1) is 9.04. The second kappa shape index (κ2) is 5.79. The molecule has 6 heteroatoms. The highest BCUT2D eigenvalue weighted by molar-refractivity contribution is 7.98. The van der Waals surface area contributed by atoms with Crippen LogP contribution in [0.5, 0.6) is 0 Å². The predicted molar refractivity (Wildman–Crippen MR) is 72.3 cm³/mol. The second-order valence-corrected chi connectivity index (χ2v) is 4.98. The van der Waals surface area contributed by atoms with Crippen LogP contribution in [0.2, 0.25) is 0 Å². The van der Waals surface area contributed by atoms with E-state index in [0.29, 0.717) is 16.6 Å². The first-order valence-electron chi connectivity index (χ1n) is 5.69. The molecular formula is C13H13N3O2S. The number of aromatic nitrogens is 3. The number of rotatable bonds is 4. The molecule has 0 atom stereocenters. The number of hydrogen-bond donors (Lipinski definition) is 1. The molecule has 2 rings (SSSR count). The van der Waals surface area contributed by atoms with Gasteiger partial charge < -0.3 is 5.11 Å². The maximum absolute atomic E-state index is 10.8. The number of aromatic carboxylic acids is 1. The van der Waals surface area contributed by atoms with Gasteiger partial charge in [0.2, 0.25) is 0 Å². The minimum atomic E-state index is -1.02. The summed E-state index contributed by atoms with van der Waals surface area (Å²) in [6, 6.07) is 6.87. The summed E-state index contributed by atoms with van der Waals surface area (Å²) in [6.45, 7) is 3.84. The molecule has 0 unspecified atom stereocenters. The molecule has 0 amide bonds. The fourth-order valence-corrected chi connectivity index (χ4v) is 2.43. The molecule has 19 heavy (non-hydrogen) atoms. The van der Waals surface area contributed by atoms with Gasteiger partial charge in [-0.15, -0.1) is 0 Å². The minimum Gasteiger partial charge on any atom is -0.477 e. The van der Waals surface area contributed by atoms with Crippen molar-refractivity contribution in [2.45, 2.75) is 24.8 Å². The lowest BCUT2D eigenvalue weighted by atomic mass is 10.3. The van der Waals surface area contributed by atoms with Crippen LogP contribution in [0.3, 0.4) is 0 Å². The van der Waals surface area contributed by atoms with Crippen LogP contribution < -0.4 is 0 Å². The number of nitrogens with zero attached hydrogens (tertiary/aromatic N) is 3. The molecule has 0 radical (unpaired) electrons. The van der Waals surface area contributed by atoms with Gasteiger partial charge in [0.05, 0.1) is 5.69 Å². The highest BCUT2D eigenvalue weighted by atomic mass is 32.2. The van der Waals surface area contributed by atoms with E-state index in [4.69, 9.17) is 5.11 Å². The topological polar surface area (TPSA) is 76.0 Å². The average Bonchev–Trinajstić information content (AvgIpc) is 2.35. The third-order valence-electron chi connectivity index (χ3n) is 2.34. The van der Waals surface area contributed by atoms with Crippen molar-refractivity contribution in [1.82, 2.24) is 15.0 Å². The molecule has 5 nitrogen and oxygen atoms in total. The Morgan fingerprint density at radius 2 is 1.89 bits per heavy atom. The summed E-state index contributed by atoms with van der Waals surface area (Å²) in [5.41, 5.74) is 2.59. The largest absolute Gasteiger partial charge is 0.477 e. The first kappa shape index (κ1) is 13.5. The lowest BCUT2D eigenvalue weighted by molar-refractivity contribution is 0.0690. The number of thioether (sulfide) groups is 1. The van der Waals surface area contributed by atoms with Crippen LogP contribution >= 0.6 is 11.8 Å². The molecule has 98 valence electrons. The molecule has 0 aliphatic heterocycles. The van der Waals surface area contributed by atoms with Gasteiger partial charge in [0.25, 0.3) is 0 Å². The Hall–Kier alpha value is -1.95. The van der Waals surface area contributed by atoms with E-state index in [-0.39, 0.29) is 5.69 Å². The molecular weight excluding hydrogens is 262 g/mol. The number of pyridine rings is 1. The molecule has 2 aromatic rings. The summed E-state index contributed by atoms with van der Waals surface area (Å²) < 4.78 is 0. The van der Waals surface area contributed by atoms with Gasteiger partial charge in [-0.05, 0) is 32.0 Å². The van der Waals surface area contributed by atoms with Crippen LogP contribution in [0, 0.1) is 13.8 Å². The fourth-order valence-electron chi connectivity index (χ4n) is 1.58.